The molecule has 3 rings (SSSR count). The number of nitrogens with zero attached hydrogens (tertiary/aromatic N) is 1. The normalized spacial score (nSPS) is 15.8. The molecule has 2 aromatic carbocycles. The van der Waals surface area contributed by atoms with Gasteiger partial charge in [0.1, 0.15) is 5.75 Å². The number of aryl methyl sites for hydroxylation is 1. The van der Waals surface area contributed by atoms with Crippen LogP contribution in [0.1, 0.15) is 29.0 Å². The first-order valence-electron chi connectivity index (χ1n) is 9.07. The molecule has 1 aliphatic rings. The van der Waals surface area contributed by atoms with E-state index in [2.05, 4.69) is 33.1 Å². The van der Waals surface area contributed by atoms with Crippen molar-refractivity contribution in [3.63, 3.8) is 0 Å². The summed E-state index contributed by atoms with van der Waals surface area (Å²) in [5, 5.41) is 9.58. The average Bonchev–Trinajstić information content (AvgIpc) is 2.68. The lowest BCUT2D eigenvalue weighted by atomic mass is 9.90. The smallest absolute Gasteiger partial charge is 0.225 e. The van der Waals surface area contributed by atoms with Crippen LogP contribution in [0.3, 0.4) is 0 Å². The fourth-order valence-corrected chi connectivity index (χ4v) is 3.28. The van der Waals surface area contributed by atoms with Gasteiger partial charge in [-0.2, -0.15) is 0 Å². The molecule has 28 heavy (non-hydrogen) atoms. The molecule has 0 aliphatic carbocycles. The van der Waals surface area contributed by atoms with Crippen molar-refractivity contribution >= 4 is 41.5 Å². The van der Waals surface area contributed by atoms with Gasteiger partial charge in [-0.3, -0.25) is 9.79 Å². The Morgan fingerprint density at radius 1 is 1.25 bits per heavy atom. The molecule has 0 bridgehead atoms. The van der Waals surface area contributed by atoms with Gasteiger partial charge in [-0.25, -0.2) is 0 Å². The molecule has 0 aromatic heterocycles. The third kappa shape index (κ3) is 5.37. The number of ether oxygens (including phenoxy) is 1. The predicted molar refractivity (Wildman–Crippen MR) is 124 cm³/mol. The van der Waals surface area contributed by atoms with Crippen LogP contribution in [0.15, 0.2) is 47.5 Å². The maximum atomic E-state index is 12.0. The number of guanidine groups is 1. The third-order valence-corrected chi connectivity index (χ3v) is 4.78. The Kier molecular flexibility index (Phi) is 8.10. The molecule has 0 spiro atoms. The van der Waals surface area contributed by atoms with Gasteiger partial charge < -0.3 is 20.7 Å². The third-order valence-electron chi connectivity index (χ3n) is 4.78. The summed E-state index contributed by atoms with van der Waals surface area (Å²) in [6.45, 7) is 3.30. The number of carbonyl (C=O) groups excluding carboxylic acids is 1. The first kappa shape index (κ1) is 22.0. The van der Waals surface area contributed by atoms with Crippen molar-refractivity contribution in [1.82, 2.24) is 10.6 Å². The first-order chi connectivity index (χ1) is 13.1. The molecule has 1 atom stereocenters. The number of hydrogen-bond donors (Lipinski definition) is 3. The molecule has 1 heterocycles. The van der Waals surface area contributed by atoms with E-state index in [0.717, 1.165) is 28.1 Å². The average molecular weight is 494 g/mol. The number of rotatable bonds is 5. The van der Waals surface area contributed by atoms with Crippen LogP contribution in [0.25, 0.3) is 0 Å². The van der Waals surface area contributed by atoms with E-state index in [1.165, 1.54) is 0 Å². The highest BCUT2D eigenvalue weighted by Gasteiger charge is 2.24. The van der Waals surface area contributed by atoms with Crippen molar-refractivity contribution in [3.8, 4) is 5.75 Å². The van der Waals surface area contributed by atoms with Gasteiger partial charge in [0.2, 0.25) is 5.91 Å². The van der Waals surface area contributed by atoms with Gasteiger partial charge in [0.15, 0.2) is 5.96 Å². The lowest BCUT2D eigenvalue weighted by molar-refractivity contribution is -0.116. The van der Waals surface area contributed by atoms with Crippen LogP contribution in [0.5, 0.6) is 5.75 Å². The number of nitrogens with one attached hydrogen (secondary N) is 3. The molecule has 7 heteroatoms. The molecule has 0 saturated heterocycles. The number of hydrogen-bond acceptors (Lipinski definition) is 3. The number of para-hydroxylation sites is 1. The molecule has 6 nitrogen and oxygen atoms in total. The van der Waals surface area contributed by atoms with E-state index in [9.17, 15) is 4.79 Å². The second-order valence-corrected chi connectivity index (χ2v) is 6.65. The minimum atomic E-state index is 0. The summed E-state index contributed by atoms with van der Waals surface area (Å²) < 4.78 is 5.38. The highest BCUT2D eigenvalue weighted by Crippen LogP contribution is 2.31. The Balaban J connectivity index is 0.00000280. The van der Waals surface area contributed by atoms with Gasteiger partial charge in [0.05, 0.1) is 7.11 Å². The van der Waals surface area contributed by atoms with Crippen LogP contribution < -0.4 is 20.7 Å². The summed E-state index contributed by atoms with van der Waals surface area (Å²) >= 11 is 0. The number of halogens is 1. The fraction of sp³-hybridized carbons (Fsp3) is 0.333. The van der Waals surface area contributed by atoms with E-state index in [0.29, 0.717) is 25.5 Å². The van der Waals surface area contributed by atoms with Gasteiger partial charge in [0, 0.05) is 38.2 Å². The lowest BCUT2D eigenvalue weighted by Crippen LogP contribution is -2.40. The Morgan fingerprint density at radius 2 is 2.04 bits per heavy atom. The first-order valence-corrected chi connectivity index (χ1v) is 9.07. The standard InChI is InChI=1S/C21H26N4O2.HI/c1-14-8-9-15(10-19(14)27-3)12-23-21(22-2)24-13-16-11-20(26)25-18-7-5-4-6-17(16)18;/h4-10,16H,11-13H2,1-3H3,(H,25,26)(H2,22,23,24);1H. The van der Waals surface area contributed by atoms with Gasteiger partial charge >= 0.3 is 0 Å². The van der Waals surface area contributed by atoms with Crippen molar-refractivity contribution < 1.29 is 9.53 Å². The molecular formula is C21H27IN4O2. The Labute approximate surface area is 183 Å². The van der Waals surface area contributed by atoms with Crippen molar-refractivity contribution in [3.05, 3.63) is 59.2 Å². The summed E-state index contributed by atoms with van der Waals surface area (Å²) in [5.74, 6) is 1.75. The largest absolute Gasteiger partial charge is 0.496 e. The molecular weight excluding hydrogens is 467 g/mol. The van der Waals surface area contributed by atoms with Crippen LogP contribution in [-0.4, -0.2) is 32.6 Å². The molecule has 1 unspecified atom stereocenters. The van der Waals surface area contributed by atoms with E-state index in [1.807, 2.05) is 37.3 Å². The summed E-state index contributed by atoms with van der Waals surface area (Å²) in [6, 6.07) is 14.1. The van der Waals surface area contributed by atoms with Crippen LogP contribution in [0, 0.1) is 6.92 Å². The molecule has 150 valence electrons. The lowest BCUT2D eigenvalue weighted by Gasteiger charge is -2.26. The minimum Gasteiger partial charge on any atom is -0.496 e. The number of methoxy groups -OCH3 is 1. The van der Waals surface area contributed by atoms with Gasteiger partial charge in [-0.15, -0.1) is 24.0 Å². The molecule has 1 amide bonds. The predicted octanol–water partition coefficient (Wildman–Crippen LogP) is 3.41. The van der Waals surface area contributed by atoms with Crippen molar-refractivity contribution in [2.45, 2.75) is 25.8 Å². The quantitative estimate of drug-likeness (QED) is 0.339. The number of anilines is 1. The molecule has 3 N–H and O–H groups in total. The molecule has 2 aromatic rings. The van der Waals surface area contributed by atoms with Crippen LogP contribution in [0.2, 0.25) is 0 Å². The highest BCUT2D eigenvalue weighted by atomic mass is 127. The van der Waals surface area contributed by atoms with E-state index in [1.54, 1.807) is 14.2 Å². The van der Waals surface area contributed by atoms with Crippen molar-refractivity contribution in [2.75, 3.05) is 26.0 Å². The van der Waals surface area contributed by atoms with Gasteiger partial charge in [-0.1, -0.05) is 30.3 Å². The maximum Gasteiger partial charge on any atom is 0.225 e. The zero-order valence-electron chi connectivity index (χ0n) is 16.4. The van der Waals surface area contributed by atoms with Gasteiger partial charge in [0.25, 0.3) is 0 Å². The second-order valence-electron chi connectivity index (χ2n) is 6.65. The molecule has 0 radical (unpaired) electrons. The van der Waals surface area contributed by atoms with Crippen molar-refractivity contribution in [2.24, 2.45) is 4.99 Å². The minimum absolute atomic E-state index is 0. The summed E-state index contributed by atoms with van der Waals surface area (Å²) in [6.07, 6.45) is 0.468. The molecule has 0 saturated carbocycles. The Hall–Kier alpha value is -2.29. The number of benzene rings is 2. The highest BCUT2D eigenvalue weighted by molar-refractivity contribution is 14.0. The summed E-state index contributed by atoms with van der Waals surface area (Å²) in [4.78, 5) is 16.2. The second kappa shape index (κ2) is 10.3. The van der Waals surface area contributed by atoms with E-state index in [-0.39, 0.29) is 35.8 Å². The van der Waals surface area contributed by atoms with E-state index >= 15 is 0 Å². The van der Waals surface area contributed by atoms with E-state index in [4.69, 9.17) is 4.74 Å². The van der Waals surface area contributed by atoms with Crippen LogP contribution in [-0.2, 0) is 11.3 Å². The number of fused-ring (bicyclic) bond motifs is 1. The monoisotopic (exact) mass is 494 g/mol. The maximum absolute atomic E-state index is 12.0. The summed E-state index contributed by atoms with van der Waals surface area (Å²) in [5.41, 5.74) is 4.28. The Bertz CT molecular complexity index is 854. The van der Waals surface area contributed by atoms with Crippen molar-refractivity contribution in [1.29, 1.82) is 0 Å². The Morgan fingerprint density at radius 3 is 2.79 bits per heavy atom. The van der Waals surface area contributed by atoms with Crippen LogP contribution >= 0.6 is 24.0 Å². The number of carbonyl (C=O) groups is 1. The van der Waals surface area contributed by atoms with Crippen LogP contribution in [0.4, 0.5) is 5.69 Å². The SMILES string of the molecule is CN=C(NCc1ccc(C)c(OC)c1)NCC1CC(=O)Nc2ccccc21.I. The molecule has 0 fully saturated rings. The van der Waals surface area contributed by atoms with E-state index < -0.39 is 0 Å². The topological polar surface area (TPSA) is 74.8 Å². The zero-order chi connectivity index (χ0) is 19.2. The van der Waals surface area contributed by atoms with Gasteiger partial charge in [-0.05, 0) is 35.7 Å². The number of amides is 1. The fourth-order valence-electron chi connectivity index (χ4n) is 3.28. The molecule has 1 aliphatic heterocycles. The summed E-state index contributed by atoms with van der Waals surface area (Å²) in [7, 11) is 3.42. The zero-order valence-corrected chi connectivity index (χ0v) is 18.7. The number of aliphatic imine (C=N–C) groups is 1.